The van der Waals surface area contributed by atoms with E-state index in [0.717, 1.165) is 6.07 Å². The van der Waals surface area contributed by atoms with Crippen LogP contribution in [0.1, 0.15) is 20.7 Å². The molecule has 0 aromatic heterocycles. The molecule has 198 valence electrons. The second kappa shape index (κ2) is 11.3. The van der Waals surface area contributed by atoms with Crippen LogP contribution in [-0.4, -0.2) is 43.1 Å². The van der Waals surface area contributed by atoms with Crippen LogP contribution in [-0.2, 0) is 0 Å². The number of phenolic OH excluding ortho intramolecular Hbond substituents is 1. The highest BCUT2D eigenvalue weighted by Crippen LogP contribution is 2.41. The fourth-order valence-corrected chi connectivity index (χ4v) is 3.85. The first-order valence-electron chi connectivity index (χ1n) is 11.5. The Balaban J connectivity index is 1.80. The summed E-state index contributed by atoms with van der Waals surface area (Å²) in [4.78, 5) is 36.0. The molecule has 0 saturated carbocycles. The van der Waals surface area contributed by atoms with Crippen molar-refractivity contribution in [1.29, 1.82) is 0 Å². The van der Waals surface area contributed by atoms with Crippen LogP contribution in [0.4, 0.5) is 22.7 Å². The van der Waals surface area contributed by atoms with Crippen molar-refractivity contribution in [2.45, 2.75) is 0 Å². The number of benzene rings is 4. The number of nitro groups is 1. The summed E-state index contributed by atoms with van der Waals surface area (Å²) >= 11 is 0. The maximum absolute atomic E-state index is 13.3. The number of nitrogens with zero attached hydrogens (tertiary/aromatic N) is 3. The van der Waals surface area contributed by atoms with Crippen LogP contribution >= 0.6 is 0 Å². The lowest BCUT2D eigenvalue weighted by Crippen LogP contribution is -2.17. The van der Waals surface area contributed by atoms with E-state index in [-0.39, 0.29) is 40.0 Å². The van der Waals surface area contributed by atoms with Gasteiger partial charge in [-0.2, -0.15) is 0 Å². The van der Waals surface area contributed by atoms with Gasteiger partial charge >= 0.3 is 0 Å². The zero-order valence-corrected chi connectivity index (χ0v) is 21.1. The molecule has 39 heavy (non-hydrogen) atoms. The van der Waals surface area contributed by atoms with E-state index in [0.29, 0.717) is 22.1 Å². The van der Waals surface area contributed by atoms with Crippen LogP contribution in [0.5, 0.6) is 17.2 Å². The van der Waals surface area contributed by atoms with E-state index >= 15 is 0 Å². The Kier molecular flexibility index (Phi) is 7.66. The molecule has 12 nitrogen and oxygen atoms in total. The van der Waals surface area contributed by atoms with Gasteiger partial charge in [0.1, 0.15) is 22.9 Å². The fraction of sp³-hybridized carbons (Fsp3) is 0.111. The van der Waals surface area contributed by atoms with Gasteiger partial charge in [-0.15, -0.1) is 10.2 Å². The Morgan fingerprint density at radius 3 is 2.33 bits per heavy atom. The highest BCUT2D eigenvalue weighted by molar-refractivity contribution is 6.12. The molecule has 0 atom stereocenters. The maximum Gasteiger partial charge on any atom is 0.271 e. The number of rotatable bonds is 8. The number of non-ortho nitro benzene ring substituents is 1. The number of hydrogen-bond acceptors (Lipinski definition) is 9. The molecule has 3 N–H and O–H groups in total. The number of methoxy groups -OCH3 is 2. The minimum Gasteiger partial charge on any atom is -0.505 e. The van der Waals surface area contributed by atoms with Gasteiger partial charge in [-0.25, -0.2) is 0 Å². The van der Waals surface area contributed by atoms with E-state index in [4.69, 9.17) is 9.47 Å². The lowest BCUT2D eigenvalue weighted by atomic mass is 10.0. The van der Waals surface area contributed by atoms with Crippen molar-refractivity contribution in [1.82, 2.24) is 5.32 Å². The Morgan fingerprint density at radius 1 is 0.923 bits per heavy atom. The molecular formula is C27H23N5O7. The van der Waals surface area contributed by atoms with E-state index in [1.165, 1.54) is 45.5 Å². The minimum atomic E-state index is -0.757. The van der Waals surface area contributed by atoms with Crippen LogP contribution in [0, 0.1) is 10.1 Å². The van der Waals surface area contributed by atoms with E-state index in [1.807, 2.05) is 0 Å². The van der Waals surface area contributed by atoms with E-state index in [1.54, 1.807) is 36.4 Å². The summed E-state index contributed by atoms with van der Waals surface area (Å²) in [6.45, 7) is 0. The van der Waals surface area contributed by atoms with Crippen molar-refractivity contribution in [2.75, 3.05) is 26.6 Å². The molecule has 4 aromatic rings. The summed E-state index contributed by atoms with van der Waals surface area (Å²) in [6.07, 6.45) is 0. The van der Waals surface area contributed by atoms with Gasteiger partial charge in [0.2, 0.25) is 0 Å². The largest absolute Gasteiger partial charge is 0.505 e. The first-order valence-corrected chi connectivity index (χ1v) is 11.5. The molecule has 0 saturated heterocycles. The van der Waals surface area contributed by atoms with Gasteiger partial charge in [-0.3, -0.25) is 19.7 Å². The standard InChI is InChI=1S/C27H23N5O7/c1-28-26(34)16-8-10-23(39-3)21(13-16)30-31-24-18-7-5-4-6-15(18)12-19(25(24)33)27(35)29-20-14-17(32(36)37)9-11-22(20)38-2/h4-14,33H,1-3H3,(H,28,34)(H,29,35). The molecule has 0 spiro atoms. The van der Waals surface area contributed by atoms with Crippen molar-refractivity contribution in [3.63, 3.8) is 0 Å². The lowest BCUT2D eigenvalue weighted by molar-refractivity contribution is -0.384. The second-order valence-electron chi connectivity index (χ2n) is 8.10. The highest BCUT2D eigenvalue weighted by Gasteiger charge is 2.21. The van der Waals surface area contributed by atoms with Crippen molar-refractivity contribution in [3.8, 4) is 17.2 Å². The Bertz CT molecular complexity index is 1630. The smallest absolute Gasteiger partial charge is 0.271 e. The zero-order chi connectivity index (χ0) is 28.1. The lowest BCUT2D eigenvalue weighted by Gasteiger charge is -2.13. The van der Waals surface area contributed by atoms with E-state index in [9.17, 15) is 24.8 Å². The molecule has 0 aliphatic rings. The third kappa shape index (κ3) is 5.44. The third-order valence-corrected chi connectivity index (χ3v) is 5.81. The molecule has 0 aliphatic carbocycles. The number of carbonyl (C=O) groups is 2. The molecule has 12 heteroatoms. The SMILES string of the molecule is CNC(=O)c1ccc(OC)c(N=Nc2c(O)c(C(=O)Nc3cc([N+](=O)[O-])ccc3OC)cc3ccccc23)c1. The predicted octanol–water partition coefficient (Wildman–Crippen LogP) is 5.50. The molecule has 0 radical (unpaired) electrons. The van der Waals surface area contributed by atoms with Crippen molar-refractivity contribution in [3.05, 3.63) is 88.0 Å². The number of amides is 2. The minimum absolute atomic E-state index is 0.00310. The van der Waals surface area contributed by atoms with Crippen molar-refractivity contribution >= 4 is 45.3 Å². The number of fused-ring (bicyclic) bond motifs is 1. The van der Waals surface area contributed by atoms with Crippen LogP contribution < -0.4 is 20.1 Å². The van der Waals surface area contributed by atoms with E-state index < -0.39 is 16.6 Å². The summed E-state index contributed by atoms with van der Waals surface area (Å²) in [5.74, 6) is -1.04. The van der Waals surface area contributed by atoms with Gasteiger partial charge in [0.05, 0.1) is 30.4 Å². The van der Waals surface area contributed by atoms with Crippen LogP contribution in [0.2, 0.25) is 0 Å². The average Bonchev–Trinajstić information content (AvgIpc) is 2.95. The number of phenols is 1. The number of azo groups is 1. The Hall–Kier alpha value is -5.52. The second-order valence-corrected chi connectivity index (χ2v) is 8.10. The third-order valence-electron chi connectivity index (χ3n) is 5.81. The summed E-state index contributed by atoms with van der Waals surface area (Å²) in [7, 11) is 4.29. The molecule has 0 fully saturated rings. The van der Waals surface area contributed by atoms with Gasteiger partial charge in [0.15, 0.2) is 5.75 Å². The van der Waals surface area contributed by atoms with Crippen LogP contribution in [0.15, 0.2) is 77.0 Å². The molecule has 4 rings (SSSR count). The highest BCUT2D eigenvalue weighted by atomic mass is 16.6. The van der Waals surface area contributed by atoms with Gasteiger partial charge in [-0.05, 0) is 35.7 Å². The number of ether oxygens (including phenoxy) is 2. The number of aromatic hydroxyl groups is 1. The Labute approximate surface area is 222 Å². The molecule has 0 heterocycles. The molecule has 0 unspecified atom stereocenters. The van der Waals surface area contributed by atoms with Gasteiger partial charge in [0.25, 0.3) is 17.5 Å². The molecule has 0 bridgehead atoms. The van der Waals surface area contributed by atoms with Crippen LogP contribution in [0.3, 0.4) is 0 Å². The summed E-state index contributed by atoms with van der Waals surface area (Å²) in [6, 6.07) is 16.7. The van der Waals surface area contributed by atoms with Gasteiger partial charge in [-0.1, -0.05) is 24.3 Å². The first kappa shape index (κ1) is 26.5. The predicted molar refractivity (Wildman–Crippen MR) is 144 cm³/mol. The topological polar surface area (TPSA) is 165 Å². The number of carbonyl (C=O) groups excluding carboxylic acids is 2. The van der Waals surface area contributed by atoms with Crippen LogP contribution in [0.25, 0.3) is 10.8 Å². The average molecular weight is 530 g/mol. The summed E-state index contributed by atoms with van der Waals surface area (Å²) in [5, 5.41) is 37.0. The van der Waals surface area contributed by atoms with E-state index in [2.05, 4.69) is 20.9 Å². The number of hydrogen-bond donors (Lipinski definition) is 3. The normalized spacial score (nSPS) is 10.8. The fourth-order valence-electron chi connectivity index (χ4n) is 3.85. The number of nitro benzene ring substituents is 1. The van der Waals surface area contributed by atoms with Crippen molar-refractivity contribution < 1.29 is 29.1 Å². The maximum atomic E-state index is 13.3. The van der Waals surface area contributed by atoms with Gasteiger partial charge < -0.3 is 25.2 Å². The Morgan fingerprint density at radius 2 is 1.64 bits per heavy atom. The molecule has 4 aromatic carbocycles. The summed E-state index contributed by atoms with van der Waals surface area (Å²) < 4.78 is 10.5. The quantitative estimate of drug-likeness (QED) is 0.154. The molecule has 2 amide bonds. The molecular weight excluding hydrogens is 506 g/mol. The first-order chi connectivity index (χ1) is 18.8. The number of nitrogens with one attached hydrogen (secondary N) is 2. The summed E-state index contributed by atoms with van der Waals surface area (Å²) in [5.41, 5.74) is 0.178. The molecule has 0 aliphatic heterocycles. The number of anilines is 1. The monoisotopic (exact) mass is 529 g/mol. The van der Waals surface area contributed by atoms with Gasteiger partial charge in [0, 0.05) is 30.1 Å². The zero-order valence-electron chi connectivity index (χ0n) is 21.1. The van der Waals surface area contributed by atoms with Crippen molar-refractivity contribution in [2.24, 2.45) is 10.2 Å².